The summed E-state index contributed by atoms with van der Waals surface area (Å²) >= 11 is 1.58. The van der Waals surface area contributed by atoms with Crippen molar-refractivity contribution in [2.24, 2.45) is 0 Å². The van der Waals surface area contributed by atoms with E-state index in [0.29, 0.717) is 0 Å². The van der Waals surface area contributed by atoms with Crippen molar-refractivity contribution in [3.63, 3.8) is 0 Å². The van der Waals surface area contributed by atoms with Gasteiger partial charge in [-0.15, -0.1) is 0 Å². The maximum absolute atomic E-state index is 13.2. The van der Waals surface area contributed by atoms with Gasteiger partial charge in [-0.3, -0.25) is 9.47 Å². The van der Waals surface area contributed by atoms with Gasteiger partial charge in [-0.2, -0.15) is 0 Å². The van der Waals surface area contributed by atoms with E-state index in [1.54, 1.807) is 18.9 Å². The molecule has 3 aromatic rings. The third kappa shape index (κ3) is 3.98. The Morgan fingerprint density at radius 3 is 2.48 bits per heavy atom. The molecule has 1 aliphatic heterocycles. The van der Waals surface area contributed by atoms with Crippen LogP contribution in [-0.2, 0) is 11.2 Å². The number of nitrogens with one attached hydrogen (secondary N) is 2. The number of methoxy groups -OCH3 is 1. The topological polar surface area (TPSA) is 55.3 Å². The minimum Gasteiger partial charge on any atom is -0.497 e. The van der Waals surface area contributed by atoms with Crippen molar-refractivity contribution < 1.29 is 9.53 Å². The number of fused-ring (bicyclic) bond motifs is 1. The minimum absolute atomic E-state index is 0.0160. The molecule has 0 saturated heterocycles. The number of aryl methyl sites for hydroxylation is 2. The summed E-state index contributed by atoms with van der Waals surface area (Å²) in [5.74, 6) is 0.782. The summed E-state index contributed by atoms with van der Waals surface area (Å²) in [6.07, 6.45) is 0.979. The summed E-state index contributed by atoms with van der Waals surface area (Å²) < 4.78 is 7.34. The van der Waals surface area contributed by atoms with Crippen molar-refractivity contribution >= 4 is 23.4 Å². The Kier molecular flexibility index (Phi) is 5.53. The summed E-state index contributed by atoms with van der Waals surface area (Å²) in [5.41, 5.74) is 7.75. The highest BCUT2D eigenvalue weighted by molar-refractivity contribution is 8.00. The third-order valence-electron chi connectivity index (χ3n) is 5.22. The summed E-state index contributed by atoms with van der Waals surface area (Å²) in [6.45, 7) is 4.17. The van der Waals surface area contributed by atoms with Gasteiger partial charge in [0.1, 0.15) is 11.0 Å². The Hall–Kier alpha value is -2.86. The molecule has 0 radical (unpaired) electrons. The van der Waals surface area contributed by atoms with E-state index in [-0.39, 0.29) is 17.2 Å². The van der Waals surface area contributed by atoms with Crippen LogP contribution in [0.1, 0.15) is 29.8 Å². The molecule has 1 amide bonds. The lowest BCUT2D eigenvalue weighted by molar-refractivity contribution is -0.116. The number of nitrogens with zero attached hydrogens (tertiary/aromatic N) is 1. The predicted molar refractivity (Wildman–Crippen MR) is 118 cm³/mol. The van der Waals surface area contributed by atoms with Crippen LogP contribution < -0.4 is 15.5 Å². The van der Waals surface area contributed by atoms with Crippen LogP contribution in [0.4, 0.5) is 5.69 Å². The second-order valence-electron chi connectivity index (χ2n) is 7.11. The molecule has 2 N–H and O–H groups in total. The van der Waals surface area contributed by atoms with Gasteiger partial charge in [0, 0.05) is 11.4 Å². The van der Waals surface area contributed by atoms with E-state index < -0.39 is 0 Å². The van der Waals surface area contributed by atoms with Crippen molar-refractivity contribution in [1.82, 2.24) is 4.68 Å². The SMILES string of the molecule is CCc1ccc(NC(=O)[C@H]2Sc3ccc(C)n3N[C@@H]2c2ccc(OC)cc2)cc1. The van der Waals surface area contributed by atoms with E-state index in [1.165, 1.54) is 5.56 Å². The number of hydrogen-bond donors (Lipinski definition) is 2. The maximum atomic E-state index is 13.2. The molecule has 6 heteroatoms. The summed E-state index contributed by atoms with van der Waals surface area (Å²) in [4.78, 5) is 13.2. The number of amides is 1. The van der Waals surface area contributed by atoms with Crippen molar-refractivity contribution in [2.45, 2.75) is 36.6 Å². The van der Waals surface area contributed by atoms with Gasteiger partial charge < -0.3 is 15.5 Å². The Balaban J connectivity index is 1.62. The fourth-order valence-corrected chi connectivity index (χ4v) is 4.71. The minimum atomic E-state index is -0.309. The molecule has 2 atom stereocenters. The van der Waals surface area contributed by atoms with Gasteiger partial charge in [-0.05, 0) is 60.9 Å². The Labute approximate surface area is 175 Å². The van der Waals surface area contributed by atoms with Crippen LogP contribution in [0.25, 0.3) is 0 Å². The van der Waals surface area contributed by atoms with Gasteiger partial charge in [-0.25, -0.2) is 0 Å². The van der Waals surface area contributed by atoms with Gasteiger partial charge in [0.25, 0.3) is 0 Å². The van der Waals surface area contributed by atoms with Crippen LogP contribution in [-0.4, -0.2) is 22.9 Å². The van der Waals surface area contributed by atoms with Crippen molar-refractivity contribution in [1.29, 1.82) is 0 Å². The van der Waals surface area contributed by atoms with Crippen LogP contribution in [0.3, 0.4) is 0 Å². The normalized spacial score (nSPS) is 17.9. The molecule has 2 aromatic carbocycles. The van der Waals surface area contributed by atoms with Crippen LogP contribution in [0.15, 0.2) is 65.7 Å². The first-order valence-corrected chi connectivity index (χ1v) is 10.6. The van der Waals surface area contributed by atoms with E-state index in [9.17, 15) is 4.79 Å². The van der Waals surface area contributed by atoms with E-state index in [2.05, 4.69) is 47.5 Å². The molecular formula is C23H25N3O2S. The van der Waals surface area contributed by atoms with E-state index in [1.807, 2.05) is 42.5 Å². The van der Waals surface area contributed by atoms with Crippen molar-refractivity contribution in [3.05, 3.63) is 77.5 Å². The molecule has 2 heterocycles. The molecule has 0 unspecified atom stereocenters. The van der Waals surface area contributed by atoms with E-state index in [0.717, 1.165) is 34.1 Å². The Bertz CT molecular complexity index is 996. The van der Waals surface area contributed by atoms with Gasteiger partial charge in [0.05, 0.1) is 18.2 Å². The molecule has 0 aliphatic carbocycles. The summed E-state index contributed by atoms with van der Waals surface area (Å²) in [7, 11) is 1.65. The lowest BCUT2D eigenvalue weighted by Gasteiger charge is -2.34. The van der Waals surface area contributed by atoms with Gasteiger partial charge >= 0.3 is 0 Å². The number of benzene rings is 2. The molecule has 4 rings (SSSR count). The van der Waals surface area contributed by atoms with Gasteiger partial charge in [0.15, 0.2) is 0 Å². The quantitative estimate of drug-likeness (QED) is 0.640. The van der Waals surface area contributed by atoms with Crippen molar-refractivity contribution in [2.75, 3.05) is 17.9 Å². The van der Waals surface area contributed by atoms with Crippen LogP contribution >= 0.6 is 11.8 Å². The molecule has 0 saturated carbocycles. The fourth-order valence-electron chi connectivity index (χ4n) is 3.48. The van der Waals surface area contributed by atoms with Crippen molar-refractivity contribution in [3.8, 4) is 5.75 Å². The maximum Gasteiger partial charge on any atom is 0.240 e. The monoisotopic (exact) mass is 407 g/mol. The molecule has 1 aromatic heterocycles. The van der Waals surface area contributed by atoms with Crippen LogP contribution in [0.2, 0.25) is 0 Å². The number of carbonyl (C=O) groups is 1. The molecule has 0 spiro atoms. The standard InChI is InChI=1S/C23H25N3O2S/c1-4-16-6-10-18(11-7-16)24-23(27)22-21(17-8-12-19(28-3)13-9-17)25-26-15(2)5-14-20(26)29-22/h5-14,21-22,25H,4H2,1-3H3,(H,24,27)/t21-,22+/m1/s1. The van der Waals surface area contributed by atoms with Crippen LogP contribution in [0.5, 0.6) is 5.75 Å². The highest BCUT2D eigenvalue weighted by atomic mass is 32.2. The zero-order valence-electron chi connectivity index (χ0n) is 16.8. The fraction of sp³-hybridized carbons (Fsp3) is 0.261. The second-order valence-corrected chi connectivity index (χ2v) is 8.27. The summed E-state index contributed by atoms with van der Waals surface area (Å²) in [5, 5.41) is 3.82. The van der Waals surface area contributed by atoms with Crippen LogP contribution in [0, 0.1) is 6.92 Å². The first kappa shape index (κ1) is 19.5. The number of carbonyl (C=O) groups excluding carboxylic acids is 1. The number of thioether (sulfide) groups is 1. The third-order valence-corrected chi connectivity index (χ3v) is 6.52. The first-order chi connectivity index (χ1) is 14.1. The number of aromatic nitrogens is 1. The predicted octanol–water partition coefficient (Wildman–Crippen LogP) is 4.77. The molecule has 5 nitrogen and oxygen atoms in total. The molecule has 29 heavy (non-hydrogen) atoms. The molecular weight excluding hydrogens is 382 g/mol. The smallest absolute Gasteiger partial charge is 0.240 e. The summed E-state index contributed by atoms with van der Waals surface area (Å²) in [6, 6.07) is 19.9. The zero-order valence-corrected chi connectivity index (χ0v) is 17.6. The number of anilines is 1. The lowest BCUT2D eigenvalue weighted by atomic mass is 10.0. The second kappa shape index (κ2) is 8.25. The number of rotatable bonds is 5. The van der Waals surface area contributed by atoms with Gasteiger partial charge in [-0.1, -0.05) is 43.0 Å². The zero-order chi connectivity index (χ0) is 20.4. The number of ether oxygens (including phenoxy) is 1. The number of hydrogen-bond acceptors (Lipinski definition) is 4. The molecule has 0 bridgehead atoms. The molecule has 1 aliphatic rings. The highest BCUT2D eigenvalue weighted by Gasteiger charge is 2.36. The Morgan fingerprint density at radius 1 is 1.10 bits per heavy atom. The van der Waals surface area contributed by atoms with Gasteiger partial charge in [0.2, 0.25) is 5.91 Å². The largest absolute Gasteiger partial charge is 0.497 e. The van der Waals surface area contributed by atoms with E-state index in [4.69, 9.17) is 4.74 Å². The highest BCUT2D eigenvalue weighted by Crippen LogP contribution is 2.39. The van der Waals surface area contributed by atoms with E-state index >= 15 is 0 Å². The molecule has 0 fully saturated rings. The molecule has 150 valence electrons. The first-order valence-electron chi connectivity index (χ1n) is 9.74. The Morgan fingerprint density at radius 2 is 1.83 bits per heavy atom. The lowest BCUT2D eigenvalue weighted by Crippen LogP contribution is -2.41. The average molecular weight is 408 g/mol. The average Bonchev–Trinajstić information content (AvgIpc) is 3.13.